The highest BCUT2D eigenvalue weighted by Gasteiger charge is 2.35. The Labute approximate surface area is 192 Å². The van der Waals surface area contributed by atoms with Gasteiger partial charge in [-0.25, -0.2) is 9.67 Å². The van der Waals surface area contributed by atoms with Crippen LogP contribution in [0.1, 0.15) is 36.0 Å². The number of aliphatic hydroxyl groups is 1. The van der Waals surface area contributed by atoms with Crippen molar-refractivity contribution in [1.82, 2.24) is 19.7 Å². The van der Waals surface area contributed by atoms with Crippen molar-refractivity contribution in [3.8, 4) is 11.4 Å². The highest BCUT2D eigenvalue weighted by Crippen LogP contribution is 2.35. The molecule has 1 fully saturated rings. The van der Waals surface area contributed by atoms with Crippen LogP contribution in [0, 0.1) is 0 Å². The van der Waals surface area contributed by atoms with Crippen molar-refractivity contribution in [1.29, 1.82) is 0 Å². The van der Waals surface area contributed by atoms with E-state index in [2.05, 4.69) is 4.98 Å². The largest absolute Gasteiger partial charge is 0.496 e. The smallest absolute Gasteiger partial charge is 0.155 e. The predicted octanol–water partition coefficient (Wildman–Crippen LogP) is 3.40. The molecule has 0 unspecified atom stereocenters. The lowest BCUT2D eigenvalue weighted by molar-refractivity contribution is 0.163. The molecule has 0 spiro atoms. The Morgan fingerprint density at radius 1 is 1.09 bits per heavy atom. The second-order valence-corrected chi connectivity index (χ2v) is 8.04. The molecule has 0 saturated heterocycles. The van der Waals surface area contributed by atoms with Gasteiger partial charge in [-0.2, -0.15) is 5.10 Å². The summed E-state index contributed by atoms with van der Waals surface area (Å²) in [6.45, 7) is 0. The quantitative estimate of drug-likeness (QED) is 0.482. The molecule has 2 aromatic carbocycles. The molecule has 2 aromatic heterocycles. The maximum absolute atomic E-state index is 10.3. The van der Waals surface area contributed by atoms with Crippen molar-refractivity contribution in [3.63, 3.8) is 0 Å². The fraction of sp³-hybridized carbons (Fsp3) is 0.292. The third-order valence-corrected chi connectivity index (χ3v) is 6.00. The summed E-state index contributed by atoms with van der Waals surface area (Å²) in [5.41, 5.74) is 8.88. The van der Waals surface area contributed by atoms with E-state index in [-0.39, 0.29) is 24.4 Å². The maximum atomic E-state index is 10.3. The van der Waals surface area contributed by atoms with Crippen LogP contribution < -0.4 is 10.5 Å². The molecule has 1 aliphatic carbocycles. The number of nitrogens with two attached hydrogens (primary N) is 1. The van der Waals surface area contributed by atoms with Crippen LogP contribution in [0.5, 0.6) is 5.75 Å². The first-order valence-electron chi connectivity index (χ1n) is 10.5. The molecule has 0 aliphatic heterocycles. The van der Waals surface area contributed by atoms with E-state index >= 15 is 0 Å². The Bertz CT molecular complexity index is 1210. The molecule has 0 radical (unpaired) electrons. The van der Waals surface area contributed by atoms with Crippen LogP contribution >= 0.6 is 12.4 Å². The molecule has 3 atom stereocenters. The van der Waals surface area contributed by atoms with Gasteiger partial charge in [0.15, 0.2) is 5.82 Å². The fourth-order valence-corrected chi connectivity index (χ4v) is 4.42. The van der Waals surface area contributed by atoms with Crippen molar-refractivity contribution in [2.45, 2.75) is 37.3 Å². The van der Waals surface area contributed by atoms with Crippen molar-refractivity contribution in [2.24, 2.45) is 5.73 Å². The molecular formula is C24H26ClN5O2. The van der Waals surface area contributed by atoms with Gasteiger partial charge in [-0.3, -0.25) is 4.98 Å². The normalized spacial score (nSPS) is 20.3. The first-order chi connectivity index (χ1) is 15.1. The van der Waals surface area contributed by atoms with E-state index in [0.29, 0.717) is 25.1 Å². The SMILES string of the molecule is COc1ccccc1Cc1nc([C@H]2C[C@@H](N)[C@H](O)C2)n(-c2cccc3cccnc23)n1.Cl. The Morgan fingerprint density at radius 2 is 1.91 bits per heavy atom. The summed E-state index contributed by atoms with van der Waals surface area (Å²) in [5.74, 6) is 2.35. The number of hydrogen-bond donors (Lipinski definition) is 2. The first kappa shape index (κ1) is 22.2. The van der Waals surface area contributed by atoms with E-state index in [0.717, 1.165) is 33.7 Å². The number of nitrogens with zero attached hydrogens (tertiary/aromatic N) is 4. The summed E-state index contributed by atoms with van der Waals surface area (Å²) in [4.78, 5) is 9.51. The van der Waals surface area contributed by atoms with Gasteiger partial charge in [-0.15, -0.1) is 12.4 Å². The van der Waals surface area contributed by atoms with Crippen molar-refractivity contribution >= 4 is 23.3 Å². The number of halogens is 1. The van der Waals surface area contributed by atoms with E-state index in [9.17, 15) is 5.11 Å². The van der Waals surface area contributed by atoms with Crippen LogP contribution in [0.25, 0.3) is 16.6 Å². The first-order valence-corrected chi connectivity index (χ1v) is 10.5. The lowest BCUT2D eigenvalue weighted by Gasteiger charge is -2.12. The Kier molecular flexibility index (Phi) is 6.41. The topological polar surface area (TPSA) is 99.1 Å². The van der Waals surface area contributed by atoms with E-state index in [4.69, 9.17) is 20.6 Å². The molecule has 3 N–H and O–H groups in total. The summed E-state index contributed by atoms with van der Waals surface area (Å²) in [7, 11) is 1.67. The zero-order valence-electron chi connectivity index (χ0n) is 17.8. The van der Waals surface area contributed by atoms with E-state index in [1.165, 1.54) is 0 Å². The molecule has 5 rings (SSSR count). The number of benzene rings is 2. The molecule has 32 heavy (non-hydrogen) atoms. The number of para-hydroxylation sites is 2. The summed E-state index contributed by atoms with van der Waals surface area (Å²) >= 11 is 0. The lowest BCUT2D eigenvalue weighted by atomic mass is 10.1. The zero-order chi connectivity index (χ0) is 21.4. The van der Waals surface area contributed by atoms with Crippen LogP contribution in [-0.4, -0.2) is 44.1 Å². The number of rotatable bonds is 5. The van der Waals surface area contributed by atoms with Crippen LogP contribution in [0.2, 0.25) is 0 Å². The highest BCUT2D eigenvalue weighted by atomic mass is 35.5. The van der Waals surface area contributed by atoms with Crippen LogP contribution in [0.15, 0.2) is 60.8 Å². The van der Waals surface area contributed by atoms with Gasteiger partial charge >= 0.3 is 0 Å². The van der Waals surface area contributed by atoms with Gasteiger partial charge in [0, 0.05) is 35.5 Å². The number of methoxy groups -OCH3 is 1. The molecule has 1 saturated carbocycles. The van der Waals surface area contributed by atoms with Crippen LogP contribution in [-0.2, 0) is 6.42 Å². The minimum Gasteiger partial charge on any atom is -0.496 e. The predicted molar refractivity (Wildman–Crippen MR) is 126 cm³/mol. The van der Waals surface area contributed by atoms with Crippen molar-refractivity contribution in [2.75, 3.05) is 7.11 Å². The minimum atomic E-state index is -0.529. The summed E-state index contributed by atoms with van der Waals surface area (Å²) in [6.07, 6.45) is 3.05. The molecule has 4 aromatic rings. The van der Waals surface area contributed by atoms with E-state index in [1.54, 1.807) is 13.3 Å². The minimum absolute atomic E-state index is 0. The molecule has 8 heteroatoms. The number of aliphatic hydroxyl groups excluding tert-OH is 1. The second kappa shape index (κ2) is 9.24. The molecule has 2 heterocycles. The summed E-state index contributed by atoms with van der Waals surface area (Å²) in [5, 5.41) is 16.2. The monoisotopic (exact) mass is 451 g/mol. The van der Waals surface area contributed by atoms with Crippen LogP contribution in [0.3, 0.4) is 0 Å². The Balaban J connectivity index is 0.00000245. The number of pyridine rings is 1. The number of ether oxygens (including phenoxy) is 1. The van der Waals surface area contributed by atoms with Gasteiger partial charge in [0.25, 0.3) is 0 Å². The van der Waals surface area contributed by atoms with E-state index < -0.39 is 6.10 Å². The maximum Gasteiger partial charge on any atom is 0.155 e. The Hall–Kier alpha value is -3.00. The van der Waals surface area contributed by atoms with Gasteiger partial charge in [-0.05, 0) is 31.0 Å². The van der Waals surface area contributed by atoms with Gasteiger partial charge in [0.2, 0.25) is 0 Å². The van der Waals surface area contributed by atoms with E-state index in [1.807, 2.05) is 59.3 Å². The third kappa shape index (κ3) is 4.07. The standard InChI is InChI=1S/C24H25N5O2.ClH/c1-31-21-10-3-2-6-16(21)14-22-27-24(17-12-18(25)20(30)13-17)29(28-22)19-9-4-7-15-8-5-11-26-23(15)19;/h2-11,17-18,20,30H,12-14,25H2,1H3;1H/t17-,18+,20+;/m0./s1. The van der Waals surface area contributed by atoms with Gasteiger partial charge in [0.1, 0.15) is 11.6 Å². The Morgan fingerprint density at radius 3 is 2.69 bits per heavy atom. The van der Waals surface area contributed by atoms with Crippen LogP contribution in [0.4, 0.5) is 0 Å². The van der Waals surface area contributed by atoms with Gasteiger partial charge < -0.3 is 15.6 Å². The molecule has 0 bridgehead atoms. The zero-order valence-corrected chi connectivity index (χ0v) is 18.6. The average Bonchev–Trinajstić information content (AvgIpc) is 3.36. The average molecular weight is 452 g/mol. The van der Waals surface area contributed by atoms with Gasteiger partial charge in [0.05, 0.1) is 24.4 Å². The summed E-state index contributed by atoms with van der Waals surface area (Å²) < 4.78 is 7.39. The molecule has 166 valence electrons. The molecule has 7 nitrogen and oxygen atoms in total. The van der Waals surface area contributed by atoms with Gasteiger partial charge in [-0.1, -0.05) is 36.4 Å². The number of fused-ring (bicyclic) bond motifs is 1. The lowest BCUT2D eigenvalue weighted by Crippen LogP contribution is -2.28. The van der Waals surface area contributed by atoms with Crippen molar-refractivity contribution < 1.29 is 9.84 Å². The van der Waals surface area contributed by atoms with Crippen molar-refractivity contribution in [3.05, 3.63) is 78.0 Å². The number of aromatic nitrogens is 4. The third-order valence-electron chi connectivity index (χ3n) is 6.00. The molecule has 1 aliphatic rings. The second-order valence-electron chi connectivity index (χ2n) is 8.04. The molecular weight excluding hydrogens is 426 g/mol. The summed E-state index contributed by atoms with van der Waals surface area (Å²) in [6, 6.07) is 17.6. The number of hydrogen-bond acceptors (Lipinski definition) is 6. The fourth-order valence-electron chi connectivity index (χ4n) is 4.42. The highest BCUT2D eigenvalue weighted by molar-refractivity contribution is 5.86. The molecule has 0 amide bonds.